The molecule has 1 amide bonds. The van der Waals surface area contributed by atoms with E-state index in [4.69, 9.17) is 16.3 Å². The highest BCUT2D eigenvalue weighted by molar-refractivity contribution is 9.10. The Morgan fingerprint density at radius 2 is 2.00 bits per heavy atom. The van der Waals surface area contributed by atoms with Gasteiger partial charge >= 0.3 is 5.97 Å². The van der Waals surface area contributed by atoms with Crippen LogP contribution in [0.3, 0.4) is 0 Å². The molecule has 0 saturated heterocycles. The zero-order valence-corrected chi connectivity index (χ0v) is 13.5. The van der Waals surface area contributed by atoms with Crippen molar-refractivity contribution in [3.8, 4) is 5.75 Å². The van der Waals surface area contributed by atoms with E-state index in [1.165, 1.54) is 18.2 Å². The molecule has 0 unspecified atom stereocenters. The van der Waals surface area contributed by atoms with Crippen LogP contribution in [-0.4, -0.2) is 23.6 Å². The first-order valence-corrected chi connectivity index (χ1v) is 7.34. The zero-order valence-electron chi connectivity index (χ0n) is 11.2. The number of esters is 1. The molecule has 0 atom stereocenters. The van der Waals surface area contributed by atoms with Crippen molar-refractivity contribution in [1.29, 1.82) is 0 Å². The highest BCUT2D eigenvalue weighted by Gasteiger charge is 2.14. The highest BCUT2D eigenvalue weighted by atomic mass is 79.9. The van der Waals surface area contributed by atoms with E-state index in [1.54, 1.807) is 18.2 Å². The van der Waals surface area contributed by atoms with E-state index in [2.05, 4.69) is 21.2 Å². The van der Waals surface area contributed by atoms with Gasteiger partial charge in [-0.05, 0) is 36.4 Å². The van der Waals surface area contributed by atoms with Crippen molar-refractivity contribution >= 4 is 45.1 Å². The minimum atomic E-state index is -0.807. The number of ether oxygens (including phenoxy) is 1. The number of hydrogen-bond donors (Lipinski definition) is 2. The first-order valence-electron chi connectivity index (χ1n) is 6.17. The first kappa shape index (κ1) is 16.3. The van der Waals surface area contributed by atoms with Gasteiger partial charge in [0, 0.05) is 15.2 Å². The van der Waals surface area contributed by atoms with E-state index in [0.29, 0.717) is 10.7 Å². The molecule has 2 aromatic rings. The summed E-state index contributed by atoms with van der Waals surface area (Å²) in [6.07, 6.45) is 0. The van der Waals surface area contributed by atoms with Crippen LogP contribution >= 0.6 is 27.5 Å². The molecule has 22 heavy (non-hydrogen) atoms. The van der Waals surface area contributed by atoms with E-state index < -0.39 is 18.5 Å². The highest BCUT2D eigenvalue weighted by Crippen LogP contribution is 2.22. The van der Waals surface area contributed by atoms with E-state index >= 15 is 0 Å². The molecule has 0 aliphatic rings. The van der Waals surface area contributed by atoms with Gasteiger partial charge in [0.1, 0.15) is 11.3 Å². The van der Waals surface area contributed by atoms with Crippen LogP contribution in [0.5, 0.6) is 5.75 Å². The summed E-state index contributed by atoms with van der Waals surface area (Å²) in [5.41, 5.74) is 0.518. The lowest BCUT2D eigenvalue weighted by Crippen LogP contribution is -2.20. The van der Waals surface area contributed by atoms with Gasteiger partial charge in [-0.15, -0.1) is 0 Å². The molecule has 0 spiro atoms. The van der Waals surface area contributed by atoms with Crippen molar-refractivity contribution in [2.75, 3.05) is 11.9 Å². The molecular weight excluding hydrogens is 374 g/mol. The quantitative estimate of drug-likeness (QED) is 0.790. The van der Waals surface area contributed by atoms with Crippen molar-refractivity contribution in [2.24, 2.45) is 0 Å². The van der Waals surface area contributed by atoms with Gasteiger partial charge in [-0.1, -0.05) is 33.6 Å². The third-order valence-electron chi connectivity index (χ3n) is 2.62. The zero-order chi connectivity index (χ0) is 16.1. The van der Waals surface area contributed by atoms with Crippen LogP contribution in [0.1, 0.15) is 10.4 Å². The fourth-order valence-electron chi connectivity index (χ4n) is 1.65. The third-order valence-corrected chi connectivity index (χ3v) is 3.35. The fourth-order valence-corrected chi connectivity index (χ4v) is 2.22. The van der Waals surface area contributed by atoms with Crippen molar-refractivity contribution in [3.63, 3.8) is 0 Å². The molecule has 5 nitrogen and oxygen atoms in total. The standard InChI is InChI=1S/C15H11BrClNO4/c16-9-2-1-3-11(6-9)18-14(20)8-22-15(21)12-5-4-10(17)7-13(12)19/h1-7,19H,8H2,(H,18,20). The third kappa shape index (κ3) is 4.47. The molecule has 0 radical (unpaired) electrons. The summed E-state index contributed by atoms with van der Waals surface area (Å²) in [5.74, 6) is -1.59. The maximum atomic E-state index is 11.8. The second kappa shape index (κ2) is 7.29. The number of phenolic OH excluding ortho intramolecular Hbond substituents is 1. The molecule has 0 bridgehead atoms. The molecule has 2 aromatic carbocycles. The molecular formula is C15H11BrClNO4. The largest absolute Gasteiger partial charge is 0.507 e. The van der Waals surface area contributed by atoms with Crippen LogP contribution in [0.25, 0.3) is 0 Å². The minimum absolute atomic E-state index is 0.0559. The molecule has 0 fully saturated rings. The van der Waals surface area contributed by atoms with Gasteiger partial charge in [-0.3, -0.25) is 4.79 Å². The Balaban J connectivity index is 1.92. The topological polar surface area (TPSA) is 75.6 Å². The molecule has 0 saturated carbocycles. The number of rotatable bonds is 4. The maximum absolute atomic E-state index is 11.8. The SMILES string of the molecule is O=C(COC(=O)c1ccc(Cl)cc1O)Nc1cccc(Br)c1. The number of hydrogen-bond acceptors (Lipinski definition) is 4. The summed E-state index contributed by atoms with van der Waals surface area (Å²) in [4.78, 5) is 23.5. The number of phenols is 1. The smallest absolute Gasteiger partial charge is 0.342 e. The minimum Gasteiger partial charge on any atom is -0.507 e. The Morgan fingerprint density at radius 1 is 1.23 bits per heavy atom. The van der Waals surface area contributed by atoms with Crippen molar-refractivity contribution < 1.29 is 19.4 Å². The van der Waals surface area contributed by atoms with Gasteiger partial charge in [-0.2, -0.15) is 0 Å². The van der Waals surface area contributed by atoms with Crippen LogP contribution < -0.4 is 5.32 Å². The summed E-state index contributed by atoms with van der Waals surface area (Å²) in [5, 5.41) is 12.5. The Bertz CT molecular complexity index is 720. The predicted molar refractivity (Wildman–Crippen MR) is 86.2 cm³/mol. The van der Waals surface area contributed by atoms with Gasteiger partial charge in [0.05, 0.1) is 0 Å². The van der Waals surface area contributed by atoms with E-state index in [1.807, 2.05) is 6.07 Å². The maximum Gasteiger partial charge on any atom is 0.342 e. The molecule has 114 valence electrons. The number of aromatic hydroxyl groups is 1. The van der Waals surface area contributed by atoms with Gasteiger partial charge in [0.2, 0.25) is 0 Å². The van der Waals surface area contributed by atoms with Gasteiger partial charge < -0.3 is 15.2 Å². The van der Waals surface area contributed by atoms with E-state index in [-0.39, 0.29) is 11.3 Å². The van der Waals surface area contributed by atoms with Gasteiger partial charge in [-0.25, -0.2) is 4.79 Å². The molecule has 0 aliphatic carbocycles. The Labute approximate surface area is 140 Å². The second-order valence-corrected chi connectivity index (χ2v) is 5.65. The summed E-state index contributed by atoms with van der Waals surface area (Å²) in [7, 11) is 0. The fraction of sp³-hybridized carbons (Fsp3) is 0.0667. The Hall–Kier alpha value is -2.05. The average Bonchev–Trinajstić information content (AvgIpc) is 2.45. The van der Waals surface area contributed by atoms with Crippen LogP contribution in [0.2, 0.25) is 5.02 Å². The van der Waals surface area contributed by atoms with Crippen molar-refractivity contribution in [3.05, 3.63) is 57.5 Å². The molecule has 0 aliphatic heterocycles. The van der Waals surface area contributed by atoms with Crippen LogP contribution in [-0.2, 0) is 9.53 Å². The molecule has 2 rings (SSSR count). The number of amides is 1. The number of carbonyl (C=O) groups excluding carboxylic acids is 2. The average molecular weight is 385 g/mol. The number of anilines is 1. The number of nitrogens with one attached hydrogen (secondary N) is 1. The van der Waals surface area contributed by atoms with Crippen molar-refractivity contribution in [1.82, 2.24) is 0 Å². The second-order valence-electron chi connectivity index (χ2n) is 4.30. The van der Waals surface area contributed by atoms with Crippen molar-refractivity contribution in [2.45, 2.75) is 0 Å². The monoisotopic (exact) mass is 383 g/mol. The van der Waals surface area contributed by atoms with E-state index in [0.717, 1.165) is 4.47 Å². The normalized spacial score (nSPS) is 10.1. The van der Waals surface area contributed by atoms with Gasteiger partial charge in [0.25, 0.3) is 5.91 Å². The van der Waals surface area contributed by atoms with Crippen LogP contribution in [0.15, 0.2) is 46.9 Å². The molecule has 0 aromatic heterocycles. The molecule has 7 heteroatoms. The summed E-state index contributed by atoms with van der Waals surface area (Å²) < 4.78 is 5.66. The number of benzene rings is 2. The van der Waals surface area contributed by atoms with Crippen LogP contribution in [0, 0.1) is 0 Å². The number of halogens is 2. The summed E-state index contributed by atoms with van der Waals surface area (Å²) >= 11 is 8.96. The lowest BCUT2D eigenvalue weighted by atomic mass is 10.2. The summed E-state index contributed by atoms with van der Waals surface area (Å²) in [6, 6.07) is 11.0. The Kier molecular flexibility index (Phi) is 5.41. The molecule has 0 heterocycles. The number of carbonyl (C=O) groups is 2. The van der Waals surface area contributed by atoms with Gasteiger partial charge in [0.15, 0.2) is 6.61 Å². The summed E-state index contributed by atoms with van der Waals surface area (Å²) in [6.45, 7) is -0.465. The van der Waals surface area contributed by atoms with E-state index in [9.17, 15) is 14.7 Å². The lowest BCUT2D eigenvalue weighted by Gasteiger charge is -2.08. The first-order chi connectivity index (χ1) is 10.5. The lowest BCUT2D eigenvalue weighted by molar-refractivity contribution is -0.119. The molecule has 2 N–H and O–H groups in total. The Morgan fingerprint density at radius 3 is 2.68 bits per heavy atom. The van der Waals surface area contributed by atoms with Crippen LogP contribution in [0.4, 0.5) is 5.69 Å². The predicted octanol–water partition coefficient (Wildman–Crippen LogP) is 3.60.